The number of aromatic nitrogens is 4. The summed E-state index contributed by atoms with van der Waals surface area (Å²) in [6.07, 6.45) is 1.28. The number of esters is 1. The van der Waals surface area contributed by atoms with E-state index in [0.29, 0.717) is 12.2 Å². The maximum absolute atomic E-state index is 13.5. The molecular weight excluding hydrogens is 438 g/mol. The van der Waals surface area contributed by atoms with Gasteiger partial charge in [-0.1, -0.05) is 20.3 Å². The summed E-state index contributed by atoms with van der Waals surface area (Å²) in [5, 5.41) is 2.45. The van der Waals surface area contributed by atoms with E-state index in [1.165, 1.54) is 34.7 Å². The highest BCUT2D eigenvalue weighted by molar-refractivity contribution is 7.98. The van der Waals surface area contributed by atoms with E-state index in [9.17, 15) is 19.2 Å². The summed E-state index contributed by atoms with van der Waals surface area (Å²) < 4.78 is 14.3. The van der Waals surface area contributed by atoms with Gasteiger partial charge in [0.2, 0.25) is 11.9 Å². The molecule has 1 aliphatic rings. The third-order valence-corrected chi connectivity index (χ3v) is 6.16. The Hall–Kier alpha value is -2.60. The van der Waals surface area contributed by atoms with Crippen molar-refractivity contribution >= 4 is 40.8 Å². The number of aryl methyl sites for hydroxylation is 1. The monoisotopic (exact) mass is 467 g/mol. The summed E-state index contributed by atoms with van der Waals surface area (Å²) in [5.74, 6) is -0.219. The molecule has 176 valence electrons. The number of fused-ring (bicyclic) bond motifs is 1. The molecule has 1 amide bonds. The Kier molecular flexibility index (Phi) is 7.44. The molecule has 4 atom stereocenters. The molecule has 0 aliphatic carbocycles. The highest BCUT2D eigenvalue weighted by Gasteiger charge is 2.43. The fourth-order valence-electron chi connectivity index (χ4n) is 3.87. The first-order chi connectivity index (χ1) is 15.2. The number of hydrogen-bond donors (Lipinski definition) is 2. The largest absolute Gasteiger partial charge is 0.458 e. The van der Waals surface area contributed by atoms with E-state index in [1.54, 1.807) is 0 Å². The van der Waals surface area contributed by atoms with Crippen molar-refractivity contribution < 1.29 is 19.1 Å². The van der Waals surface area contributed by atoms with Gasteiger partial charge in [0, 0.05) is 32.6 Å². The van der Waals surface area contributed by atoms with Crippen molar-refractivity contribution in [3.05, 3.63) is 20.8 Å². The molecule has 0 radical (unpaired) electrons. The number of H-pyrrole nitrogens is 1. The van der Waals surface area contributed by atoms with Gasteiger partial charge in [0.05, 0.1) is 6.10 Å². The number of hydrogen-bond acceptors (Lipinski definition) is 8. The molecular formula is C20H29N5O6S. The molecule has 11 nitrogen and oxygen atoms in total. The predicted molar refractivity (Wildman–Crippen MR) is 121 cm³/mol. The van der Waals surface area contributed by atoms with Gasteiger partial charge < -0.3 is 9.47 Å². The number of ether oxygens (including phenoxy) is 2. The number of aromatic amines is 1. The fourth-order valence-corrected chi connectivity index (χ4v) is 4.24. The Balaban J connectivity index is 2.22. The minimum atomic E-state index is -0.942. The van der Waals surface area contributed by atoms with E-state index in [2.05, 4.69) is 15.3 Å². The molecule has 3 heterocycles. The fraction of sp³-hybridized carbons (Fsp3) is 0.650. The Morgan fingerprint density at radius 3 is 2.69 bits per heavy atom. The zero-order valence-electron chi connectivity index (χ0n) is 18.8. The standard InChI is InChI=1S/C20H29N5O6S/c1-6-10(2)13-9-14(30-12(4)27)18(31-13)25-16-15(24(20(25)29)7-8-32-5)17(28)23-19(22-16)21-11(3)26/h10,13-14,18H,6-9H2,1-5H3,(H2,21,22,23,26,28)/t10-,13-,14+,18+/m0/s1. The molecule has 1 saturated heterocycles. The van der Waals surface area contributed by atoms with Crippen molar-refractivity contribution in [3.63, 3.8) is 0 Å². The second kappa shape index (κ2) is 9.90. The molecule has 2 aromatic rings. The van der Waals surface area contributed by atoms with Crippen molar-refractivity contribution in [2.24, 2.45) is 5.92 Å². The van der Waals surface area contributed by atoms with Gasteiger partial charge in [-0.3, -0.25) is 29.3 Å². The third-order valence-electron chi connectivity index (χ3n) is 5.57. The summed E-state index contributed by atoms with van der Waals surface area (Å²) in [6.45, 7) is 6.93. The number of thioether (sulfide) groups is 1. The van der Waals surface area contributed by atoms with Crippen molar-refractivity contribution in [3.8, 4) is 0 Å². The number of carbonyl (C=O) groups is 2. The molecule has 1 fully saturated rings. The first-order valence-corrected chi connectivity index (χ1v) is 11.9. The maximum Gasteiger partial charge on any atom is 0.332 e. The number of rotatable bonds is 8. The lowest BCUT2D eigenvalue weighted by Crippen LogP contribution is -2.34. The summed E-state index contributed by atoms with van der Waals surface area (Å²) in [5.41, 5.74) is -0.902. The van der Waals surface area contributed by atoms with E-state index >= 15 is 0 Å². The van der Waals surface area contributed by atoms with Gasteiger partial charge in [0.25, 0.3) is 5.56 Å². The van der Waals surface area contributed by atoms with Crippen LogP contribution in [0.4, 0.5) is 5.95 Å². The molecule has 2 N–H and O–H groups in total. The molecule has 0 unspecified atom stereocenters. The first-order valence-electron chi connectivity index (χ1n) is 10.5. The van der Waals surface area contributed by atoms with Crippen molar-refractivity contribution in [1.29, 1.82) is 0 Å². The van der Waals surface area contributed by atoms with Gasteiger partial charge in [-0.05, 0) is 12.2 Å². The van der Waals surface area contributed by atoms with Crippen molar-refractivity contribution in [1.82, 2.24) is 19.1 Å². The second-order valence-corrected chi connectivity index (χ2v) is 8.88. The Bertz CT molecular complexity index is 1120. The molecule has 0 bridgehead atoms. The smallest absolute Gasteiger partial charge is 0.332 e. The molecule has 0 saturated carbocycles. The van der Waals surface area contributed by atoms with Crippen LogP contribution in [-0.2, 0) is 25.6 Å². The van der Waals surface area contributed by atoms with Crippen LogP contribution in [-0.4, -0.2) is 55.2 Å². The minimum Gasteiger partial charge on any atom is -0.458 e. The molecule has 12 heteroatoms. The minimum absolute atomic E-state index is 0.0653. The molecule has 2 aromatic heterocycles. The first kappa shape index (κ1) is 24.1. The molecule has 0 aromatic carbocycles. The summed E-state index contributed by atoms with van der Waals surface area (Å²) in [6, 6.07) is 0. The van der Waals surface area contributed by atoms with Gasteiger partial charge in [-0.15, -0.1) is 0 Å². The SMILES string of the molecule is CC[C@H](C)[C@@H]1C[C@@H](OC(C)=O)[C@H](n2c(=O)n(CCSC)c3c(=O)[nH]c(NC(C)=O)nc32)O1. The Morgan fingerprint density at radius 2 is 2.09 bits per heavy atom. The van der Waals surface area contributed by atoms with Crippen molar-refractivity contribution in [2.75, 3.05) is 17.3 Å². The number of anilines is 1. The third kappa shape index (κ3) is 4.75. The Morgan fingerprint density at radius 1 is 1.38 bits per heavy atom. The normalized spacial score (nSPS) is 21.6. The van der Waals surface area contributed by atoms with Crippen LogP contribution in [0.15, 0.2) is 9.59 Å². The summed E-state index contributed by atoms with van der Waals surface area (Å²) in [7, 11) is 0. The number of imidazole rings is 1. The second-order valence-electron chi connectivity index (χ2n) is 7.90. The van der Waals surface area contributed by atoms with E-state index in [-0.39, 0.29) is 35.7 Å². The van der Waals surface area contributed by atoms with E-state index in [4.69, 9.17) is 9.47 Å². The zero-order valence-corrected chi connectivity index (χ0v) is 19.7. The highest BCUT2D eigenvalue weighted by Crippen LogP contribution is 2.36. The summed E-state index contributed by atoms with van der Waals surface area (Å²) >= 11 is 1.53. The lowest BCUT2D eigenvalue weighted by molar-refractivity contribution is -0.152. The van der Waals surface area contributed by atoms with Crippen LogP contribution < -0.4 is 16.6 Å². The van der Waals surface area contributed by atoms with Crippen LogP contribution in [0.25, 0.3) is 11.2 Å². The molecule has 32 heavy (non-hydrogen) atoms. The number of nitrogens with zero attached hydrogens (tertiary/aromatic N) is 3. The van der Waals surface area contributed by atoms with Crippen LogP contribution in [0.5, 0.6) is 0 Å². The van der Waals surface area contributed by atoms with Crippen LogP contribution in [0.3, 0.4) is 0 Å². The van der Waals surface area contributed by atoms with Crippen LogP contribution in [0.1, 0.15) is 46.8 Å². The van der Waals surface area contributed by atoms with Crippen LogP contribution in [0.2, 0.25) is 0 Å². The quantitative estimate of drug-likeness (QED) is 0.557. The average molecular weight is 468 g/mol. The topological polar surface area (TPSA) is 137 Å². The number of nitrogens with one attached hydrogen (secondary N) is 2. The predicted octanol–water partition coefficient (Wildman–Crippen LogP) is 1.47. The van der Waals surface area contributed by atoms with Gasteiger partial charge in [-0.25, -0.2) is 9.36 Å². The molecule has 0 spiro atoms. The van der Waals surface area contributed by atoms with Gasteiger partial charge >= 0.3 is 11.7 Å². The van der Waals surface area contributed by atoms with Gasteiger partial charge in [-0.2, -0.15) is 16.7 Å². The van der Waals surface area contributed by atoms with E-state index in [1.807, 2.05) is 20.1 Å². The van der Waals surface area contributed by atoms with E-state index < -0.39 is 35.5 Å². The highest BCUT2D eigenvalue weighted by atomic mass is 32.2. The number of amides is 1. The number of carbonyl (C=O) groups excluding carboxylic acids is 2. The maximum atomic E-state index is 13.5. The van der Waals surface area contributed by atoms with Crippen LogP contribution >= 0.6 is 11.8 Å². The van der Waals surface area contributed by atoms with E-state index in [0.717, 1.165) is 6.42 Å². The van der Waals surface area contributed by atoms with Crippen molar-refractivity contribution in [2.45, 2.75) is 65.5 Å². The van der Waals surface area contributed by atoms with Gasteiger partial charge in [0.1, 0.15) is 6.10 Å². The molecule has 3 rings (SSSR count). The molecule has 1 aliphatic heterocycles. The zero-order chi connectivity index (χ0) is 23.6. The lowest BCUT2D eigenvalue weighted by atomic mass is 9.99. The Labute approximate surface area is 188 Å². The summed E-state index contributed by atoms with van der Waals surface area (Å²) in [4.78, 5) is 56.4. The average Bonchev–Trinajstić information content (AvgIpc) is 3.23. The van der Waals surface area contributed by atoms with Crippen LogP contribution in [0, 0.1) is 5.92 Å². The van der Waals surface area contributed by atoms with Gasteiger partial charge in [0.15, 0.2) is 17.4 Å². The lowest BCUT2D eigenvalue weighted by Gasteiger charge is -2.20.